The fourth-order valence-electron chi connectivity index (χ4n) is 3.58. The molecule has 1 aliphatic heterocycles. The molecule has 1 fully saturated rings. The van der Waals surface area contributed by atoms with Gasteiger partial charge in [-0.3, -0.25) is 4.79 Å². The van der Waals surface area contributed by atoms with Crippen molar-refractivity contribution >= 4 is 12.0 Å². The number of hydrogen-bond acceptors (Lipinski definition) is 5. The molecule has 2 heterocycles. The van der Waals surface area contributed by atoms with E-state index in [-0.39, 0.29) is 11.9 Å². The summed E-state index contributed by atoms with van der Waals surface area (Å²) in [7, 11) is 3.19. The average molecular weight is 404 g/mol. The molecule has 1 unspecified atom stereocenters. The molecule has 0 radical (unpaired) electrons. The van der Waals surface area contributed by atoms with Gasteiger partial charge >= 0.3 is 0 Å². The number of methoxy groups -OCH3 is 2. The van der Waals surface area contributed by atoms with Gasteiger partial charge in [-0.05, 0) is 30.2 Å². The molecular weight excluding hydrogens is 380 g/mol. The molecule has 1 aromatic heterocycles. The van der Waals surface area contributed by atoms with Gasteiger partial charge in [-0.25, -0.2) is 4.68 Å². The molecule has 0 N–H and O–H groups in total. The van der Waals surface area contributed by atoms with E-state index in [0.717, 1.165) is 23.2 Å². The van der Waals surface area contributed by atoms with Crippen LogP contribution in [0.4, 0.5) is 0 Å². The van der Waals surface area contributed by atoms with E-state index in [4.69, 9.17) is 9.47 Å². The van der Waals surface area contributed by atoms with Crippen molar-refractivity contribution in [2.45, 2.75) is 12.5 Å². The Morgan fingerprint density at radius 1 is 1.10 bits per heavy atom. The summed E-state index contributed by atoms with van der Waals surface area (Å²) in [5.41, 5.74) is 2.75. The van der Waals surface area contributed by atoms with Crippen molar-refractivity contribution in [3.05, 3.63) is 66.4 Å². The maximum Gasteiger partial charge on any atom is 0.246 e. The predicted octanol–water partition coefficient (Wildman–Crippen LogP) is 3.45. The van der Waals surface area contributed by atoms with Gasteiger partial charge in [-0.1, -0.05) is 41.6 Å². The lowest BCUT2D eigenvalue weighted by Gasteiger charge is -2.14. The molecular formula is C23H24N4O3. The average Bonchev–Trinajstić information content (AvgIpc) is 3.47. The zero-order chi connectivity index (χ0) is 20.9. The molecule has 1 aliphatic rings. The second-order valence-corrected chi connectivity index (χ2v) is 7.12. The van der Waals surface area contributed by atoms with Gasteiger partial charge in [0.25, 0.3) is 0 Å². The molecule has 0 aliphatic carbocycles. The maximum atomic E-state index is 12.6. The number of carbonyl (C=O) groups excluding carboxylic acids is 1. The third kappa shape index (κ3) is 4.20. The lowest BCUT2D eigenvalue weighted by atomic mass is 10.2. The fourth-order valence-corrected chi connectivity index (χ4v) is 3.58. The van der Waals surface area contributed by atoms with E-state index in [1.807, 2.05) is 64.3 Å². The van der Waals surface area contributed by atoms with Gasteiger partial charge in [0.1, 0.15) is 5.69 Å². The summed E-state index contributed by atoms with van der Waals surface area (Å²) >= 11 is 0. The van der Waals surface area contributed by atoms with Crippen molar-refractivity contribution in [3.63, 3.8) is 0 Å². The first kappa shape index (κ1) is 19.7. The predicted molar refractivity (Wildman–Crippen MR) is 114 cm³/mol. The molecule has 0 saturated carbocycles. The van der Waals surface area contributed by atoms with Crippen molar-refractivity contribution in [3.8, 4) is 22.8 Å². The Bertz CT molecular complexity index is 1050. The second kappa shape index (κ2) is 8.82. The molecule has 7 heteroatoms. The van der Waals surface area contributed by atoms with Crippen LogP contribution in [0, 0.1) is 0 Å². The minimum Gasteiger partial charge on any atom is -0.493 e. The molecule has 154 valence electrons. The number of carbonyl (C=O) groups is 1. The van der Waals surface area contributed by atoms with E-state index in [1.54, 1.807) is 26.4 Å². The minimum absolute atomic E-state index is 0.0179. The van der Waals surface area contributed by atoms with E-state index >= 15 is 0 Å². The number of hydrogen-bond donors (Lipinski definition) is 0. The first-order valence-electron chi connectivity index (χ1n) is 9.84. The smallest absolute Gasteiger partial charge is 0.246 e. The fraction of sp³-hybridized carbons (Fsp3) is 0.261. The quantitative estimate of drug-likeness (QED) is 0.589. The zero-order valence-electron chi connectivity index (χ0n) is 17.1. The molecule has 4 rings (SSSR count). The Kier molecular flexibility index (Phi) is 5.79. The molecule has 3 aromatic rings. The largest absolute Gasteiger partial charge is 0.493 e. The molecule has 2 aromatic carbocycles. The van der Waals surface area contributed by atoms with Gasteiger partial charge in [-0.2, -0.15) is 0 Å². The van der Waals surface area contributed by atoms with E-state index in [1.165, 1.54) is 0 Å². The highest BCUT2D eigenvalue weighted by Gasteiger charge is 2.27. The lowest BCUT2D eigenvalue weighted by Crippen LogP contribution is -2.27. The van der Waals surface area contributed by atoms with Gasteiger partial charge < -0.3 is 14.4 Å². The highest BCUT2D eigenvalue weighted by atomic mass is 16.5. The van der Waals surface area contributed by atoms with E-state index in [0.29, 0.717) is 24.6 Å². The number of ether oxygens (including phenoxy) is 2. The molecule has 30 heavy (non-hydrogen) atoms. The van der Waals surface area contributed by atoms with Crippen LogP contribution in [-0.4, -0.2) is 53.1 Å². The Balaban J connectivity index is 1.39. The van der Waals surface area contributed by atoms with Crippen molar-refractivity contribution in [2.75, 3.05) is 27.3 Å². The standard InChI is InChI=1S/C23H24N4O3/c1-29-21-10-8-17(14-22(21)30-2)9-11-23(28)26-13-12-19(15-26)27-16-20(24-25-27)18-6-4-3-5-7-18/h3-11,14,16,19H,12-13,15H2,1-2H3/b11-9+. The van der Waals surface area contributed by atoms with Crippen molar-refractivity contribution in [1.29, 1.82) is 0 Å². The second-order valence-electron chi connectivity index (χ2n) is 7.12. The van der Waals surface area contributed by atoms with Crippen LogP contribution in [0.1, 0.15) is 18.0 Å². The lowest BCUT2D eigenvalue weighted by molar-refractivity contribution is -0.125. The zero-order valence-corrected chi connectivity index (χ0v) is 17.1. The number of nitrogens with zero attached hydrogens (tertiary/aromatic N) is 4. The Morgan fingerprint density at radius 2 is 1.90 bits per heavy atom. The SMILES string of the molecule is COc1ccc(/C=C/C(=O)N2CCC(n3cc(-c4ccccc4)nn3)C2)cc1OC. The van der Waals surface area contributed by atoms with Crippen LogP contribution >= 0.6 is 0 Å². The minimum atomic E-state index is -0.0179. The number of likely N-dealkylation sites (tertiary alicyclic amines) is 1. The summed E-state index contributed by atoms with van der Waals surface area (Å²) < 4.78 is 12.4. The summed E-state index contributed by atoms with van der Waals surface area (Å²) in [4.78, 5) is 14.5. The van der Waals surface area contributed by atoms with Crippen molar-refractivity contribution in [1.82, 2.24) is 19.9 Å². The van der Waals surface area contributed by atoms with Crippen molar-refractivity contribution < 1.29 is 14.3 Å². The highest BCUT2D eigenvalue weighted by molar-refractivity contribution is 5.92. The Morgan fingerprint density at radius 3 is 2.67 bits per heavy atom. The van der Waals surface area contributed by atoms with E-state index in [2.05, 4.69) is 10.3 Å². The summed E-state index contributed by atoms with van der Waals surface area (Å²) in [6.45, 7) is 1.31. The first-order chi connectivity index (χ1) is 14.7. The Labute approximate surface area is 175 Å². The molecule has 0 spiro atoms. The number of benzene rings is 2. The van der Waals surface area contributed by atoms with Crippen LogP contribution < -0.4 is 9.47 Å². The molecule has 0 bridgehead atoms. The maximum absolute atomic E-state index is 12.6. The number of aromatic nitrogens is 3. The van der Waals surface area contributed by atoms with Gasteiger partial charge in [0, 0.05) is 24.7 Å². The monoisotopic (exact) mass is 404 g/mol. The highest BCUT2D eigenvalue weighted by Crippen LogP contribution is 2.28. The molecule has 1 saturated heterocycles. The third-order valence-electron chi connectivity index (χ3n) is 5.25. The van der Waals surface area contributed by atoms with E-state index < -0.39 is 0 Å². The molecule has 1 atom stereocenters. The van der Waals surface area contributed by atoms with Gasteiger partial charge in [0.05, 0.1) is 26.5 Å². The van der Waals surface area contributed by atoms with Crippen LogP contribution in [0.25, 0.3) is 17.3 Å². The molecule has 7 nitrogen and oxygen atoms in total. The van der Waals surface area contributed by atoms with Gasteiger partial charge in [0.15, 0.2) is 11.5 Å². The Hall–Kier alpha value is -3.61. The topological polar surface area (TPSA) is 69.5 Å². The van der Waals surface area contributed by atoms with E-state index in [9.17, 15) is 4.79 Å². The number of rotatable bonds is 6. The van der Waals surface area contributed by atoms with Gasteiger partial charge in [-0.15, -0.1) is 5.10 Å². The third-order valence-corrected chi connectivity index (χ3v) is 5.25. The first-order valence-corrected chi connectivity index (χ1v) is 9.84. The van der Waals surface area contributed by atoms with Crippen LogP contribution in [0.3, 0.4) is 0 Å². The number of amides is 1. The van der Waals surface area contributed by atoms with Gasteiger partial charge in [0.2, 0.25) is 5.91 Å². The summed E-state index contributed by atoms with van der Waals surface area (Å²) in [5, 5.41) is 8.56. The summed E-state index contributed by atoms with van der Waals surface area (Å²) in [6, 6.07) is 15.6. The van der Waals surface area contributed by atoms with Crippen molar-refractivity contribution in [2.24, 2.45) is 0 Å². The van der Waals surface area contributed by atoms with Crippen LogP contribution in [0.5, 0.6) is 11.5 Å². The summed E-state index contributed by atoms with van der Waals surface area (Å²) in [6.07, 6.45) is 6.20. The summed E-state index contributed by atoms with van der Waals surface area (Å²) in [5.74, 6) is 1.27. The van der Waals surface area contributed by atoms with Crippen LogP contribution in [0.2, 0.25) is 0 Å². The molecule has 1 amide bonds. The van der Waals surface area contributed by atoms with Crippen LogP contribution in [-0.2, 0) is 4.79 Å². The normalized spacial score (nSPS) is 16.2. The van der Waals surface area contributed by atoms with Crippen LogP contribution in [0.15, 0.2) is 60.8 Å².